The Morgan fingerprint density at radius 2 is 2.00 bits per heavy atom. The summed E-state index contributed by atoms with van der Waals surface area (Å²) in [7, 11) is -1.60. The van der Waals surface area contributed by atoms with Crippen molar-refractivity contribution < 1.29 is 32.9 Å². The van der Waals surface area contributed by atoms with Crippen LogP contribution in [0.2, 0.25) is 19.6 Å². The van der Waals surface area contributed by atoms with Gasteiger partial charge in [-0.2, -0.15) is 0 Å². The standard InChI is InChI=1S/C12H19N2O3Si.Li/c1-9-7-10(17-13-9)8-11(14-18(2,3)4)12-15-5-6-16-12;/h7-8,12H,5-6H2,1-4H3;/q-1;+1/b11-8+;. The monoisotopic (exact) mass is 274 g/mol. The van der Waals surface area contributed by atoms with Crippen molar-refractivity contribution in [3.05, 3.63) is 28.2 Å². The molecule has 1 saturated heterocycles. The largest absolute Gasteiger partial charge is 1.00 e. The van der Waals surface area contributed by atoms with Gasteiger partial charge < -0.3 is 19.0 Å². The minimum atomic E-state index is -1.60. The van der Waals surface area contributed by atoms with Crippen LogP contribution in [0.5, 0.6) is 0 Å². The molecule has 2 heterocycles. The van der Waals surface area contributed by atoms with Crippen LogP contribution in [0.3, 0.4) is 0 Å². The third-order valence-electron chi connectivity index (χ3n) is 2.26. The summed E-state index contributed by atoms with van der Waals surface area (Å²) in [4.78, 5) is 4.76. The van der Waals surface area contributed by atoms with E-state index in [9.17, 15) is 0 Å². The first-order valence-corrected chi connectivity index (χ1v) is 9.50. The van der Waals surface area contributed by atoms with Crippen molar-refractivity contribution in [2.45, 2.75) is 32.9 Å². The van der Waals surface area contributed by atoms with Crippen molar-refractivity contribution >= 4 is 14.3 Å². The second-order valence-corrected chi connectivity index (χ2v) is 9.86. The van der Waals surface area contributed by atoms with Crippen molar-refractivity contribution in [2.75, 3.05) is 13.2 Å². The summed E-state index contributed by atoms with van der Waals surface area (Å²) >= 11 is 0. The molecule has 0 saturated carbocycles. The number of aryl methyl sites for hydroxylation is 1. The van der Waals surface area contributed by atoms with E-state index in [0.29, 0.717) is 19.0 Å². The van der Waals surface area contributed by atoms with Crippen molar-refractivity contribution in [3.8, 4) is 0 Å². The fourth-order valence-electron chi connectivity index (χ4n) is 1.67. The van der Waals surface area contributed by atoms with Gasteiger partial charge in [0.1, 0.15) is 0 Å². The van der Waals surface area contributed by atoms with Gasteiger partial charge in [0.25, 0.3) is 0 Å². The molecule has 1 fully saturated rings. The van der Waals surface area contributed by atoms with Crippen molar-refractivity contribution in [1.82, 2.24) is 5.16 Å². The van der Waals surface area contributed by atoms with Crippen molar-refractivity contribution in [3.63, 3.8) is 0 Å². The number of hydrogen-bond acceptors (Lipinski definition) is 4. The minimum Gasteiger partial charge on any atom is -0.687 e. The summed E-state index contributed by atoms with van der Waals surface area (Å²) < 4.78 is 16.2. The predicted molar refractivity (Wildman–Crippen MR) is 71.6 cm³/mol. The Morgan fingerprint density at radius 1 is 1.37 bits per heavy atom. The van der Waals surface area contributed by atoms with Gasteiger partial charge >= 0.3 is 18.9 Å². The summed E-state index contributed by atoms with van der Waals surface area (Å²) in [6.07, 6.45) is 1.48. The van der Waals surface area contributed by atoms with Crippen LogP contribution in [0.15, 0.2) is 16.3 Å². The van der Waals surface area contributed by atoms with Crippen LogP contribution in [0.25, 0.3) is 11.1 Å². The summed E-state index contributed by atoms with van der Waals surface area (Å²) in [5.41, 5.74) is 1.64. The molecule has 0 spiro atoms. The summed E-state index contributed by atoms with van der Waals surface area (Å²) in [5, 5.41) is 3.86. The normalized spacial score (nSPS) is 17.4. The van der Waals surface area contributed by atoms with Crippen LogP contribution < -0.4 is 18.9 Å². The van der Waals surface area contributed by atoms with E-state index in [1.807, 2.05) is 19.1 Å². The van der Waals surface area contributed by atoms with E-state index >= 15 is 0 Å². The maximum atomic E-state index is 5.52. The quantitative estimate of drug-likeness (QED) is 0.720. The molecular formula is C12H19LiN2O3Si. The van der Waals surface area contributed by atoms with Gasteiger partial charge in [-0.1, -0.05) is 24.8 Å². The Morgan fingerprint density at radius 3 is 2.47 bits per heavy atom. The Hall–Kier alpha value is -0.516. The Balaban J connectivity index is 0.00000180. The molecule has 1 aliphatic rings. The number of nitrogens with zero attached hydrogens (tertiary/aromatic N) is 2. The minimum absolute atomic E-state index is 0. The molecule has 19 heavy (non-hydrogen) atoms. The molecule has 0 radical (unpaired) electrons. The molecule has 2 rings (SSSR count). The molecule has 0 aliphatic carbocycles. The zero-order valence-electron chi connectivity index (χ0n) is 12.3. The van der Waals surface area contributed by atoms with E-state index in [2.05, 4.69) is 24.8 Å². The Labute approximate surface area is 127 Å². The summed E-state index contributed by atoms with van der Waals surface area (Å²) in [6, 6.07) is 1.87. The predicted octanol–water partition coefficient (Wildman–Crippen LogP) is -0.0906. The fourth-order valence-corrected chi connectivity index (χ4v) is 2.61. The Kier molecular flexibility index (Phi) is 5.90. The fraction of sp³-hybridized carbons (Fsp3) is 0.583. The molecule has 0 N–H and O–H groups in total. The zero-order chi connectivity index (χ0) is 13.2. The molecule has 7 heteroatoms. The molecule has 0 bridgehead atoms. The van der Waals surface area contributed by atoms with E-state index < -0.39 is 8.24 Å². The number of ether oxygens (including phenoxy) is 2. The number of rotatable bonds is 4. The van der Waals surface area contributed by atoms with E-state index in [4.69, 9.17) is 19.0 Å². The van der Waals surface area contributed by atoms with Gasteiger partial charge in [-0.15, -0.1) is 5.70 Å². The van der Waals surface area contributed by atoms with Crippen LogP contribution in [-0.2, 0) is 9.47 Å². The second kappa shape index (κ2) is 6.77. The van der Waals surface area contributed by atoms with Crippen LogP contribution in [0.4, 0.5) is 0 Å². The molecule has 100 valence electrons. The average Bonchev–Trinajstić information content (AvgIpc) is 2.86. The van der Waals surface area contributed by atoms with Crippen molar-refractivity contribution in [1.29, 1.82) is 0 Å². The molecule has 1 aromatic rings. The van der Waals surface area contributed by atoms with Gasteiger partial charge in [-0.25, -0.2) is 0 Å². The SMILES string of the molecule is Cc1cc(/C=C(/[N-][Si](C)(C)C)C2OCCO2)on1.[Li+]. The average molecular weight is 274 g/mol. The molecule has 0 unspecified atom stereocenters. The van der Waals surface area contributed by atoms with Gasteiger partial charge in [0.2, 0.25) is 0 Å². The van der Waals surface area contributed by atoms with E-state index in [0.717, 1.165) is 11.4 Å². The van der Waals surface area contributed by atoms with Crippen LogP contribution in [-0.4, -0.2) is 32.9 Å². The van der Waals surface area contributed by atoms with Crippen LogP contribution >= 0.6 is 0 Å². The van der Waals surface area contributed by atoms with Gasteiger partial charge in [0.15, 0.2) is 12.1 Å². The summed E-state index contributed by atoms with van der Waals surface area (Å²) in [6.45, 7) is 9.61. The van der Waals surface area contributed by atoms with Crippen LogP contribution in [0, 0.1) is 6.92 Å². The smallest absolute Gasteiger partial charge is 0.687 e. The first-order valence-electron chi connectivity index (χ1n) is 6.05. The molecule has 0 aromatic carbocycles. The van der Waals surface area contributed by atoms with Gasteiger partial charge in [0, 0.05) is 6.07 Å². The molecular weight excluding hydrogens is 255 g/mol. The zero-order valence-corrected chi connectivity index (χ0v) is 13.3. The van der Waals surface area contributed by atoms with Gasteiger partial charge in [-0.3, -0.25) is 0 Å². The Bertz CT molecular complexity index is 436. The molecule has 0 atom stereocenters. The van der Waals surface area contributed by atoms with Crippen molar-refractivity contribution in [2.24, 2.45) is 0 Å². The van der Waals surface area contributed by atoms with E-state index in [-0.39, 0.29) is 25.2 Å². The topological polar surface area (TPSA) is 58.6 Å². The second-order valence-electron chi connectivity index (χ2n) is 5.30. The maximum absolute atomic E-state index is 5.52. The van der Waals surface area contributed by atoms with E-state index in [1.54, 1.807) is 0 Å². The van der Waals surface area contributed by atoms with Gasteiger partial charge in [0.05, 0.1) is 18.9 Å². The molecule has 5 nitrogen and oxygen atoms in total. The molecule has 1 aromatic heterocycles. The number of aromatic nitrogens is 1. The molecule has 0 amide bonds. The first kappa shape index (κ1) is 16.5. The van der Waals surface area contributed by atoms with E-state index in [1.165, 1.54) is 0 Å². The van der Waals surface area contributed by atoms with Crippen LogP contribution in [0.1, 0.15) is 11.5 Å². The third-order valence-corrected chi connectivity index (χ3v) is 3.19. The maximum Gasteiger partial charge on any atom is 1.00 e. The van der Waals surface area contributed by atoms with Gasteiger partial charge in [-0.05, 0) is 21.2 Å². The molecule has 1 aliphatic heterocycles. The third kappa shape index (κ3) is 5.17. The summed E-state index contributed by atoms with van der Waals surface area (Å²) in [5.74, 6) is 0.684. The first-order chi connectivity index (χ1) is 8.44. The number of hydrogen-bond donors (Lipinski definition) is 0.